The topological polar surface area (TPSA) is 47.7 Å². The second kappa shape index (κ2) is 6.74. The van der Waals surface area contributed by atoms with E-state index in [4.69, 9.17) is 0 Å². The van der Waals surface area contributed by atoms with Crippen molar-refractivity contribution in [1.29, 1.82) is 0 Å². The average Bonchev–Trinajstić information content (AvgIpc) is 3.17. The quantitative estimate of drug-likeness (QED) is 0.918. The molecule has 2 heterocycles. The molecule has 23 heavy (non-hydrogen) atoms. The number of aromatic nitrogens is 4. The molecule has 1 aliphatic rings. The van der Waals surface area contributed by atoms with Gasteiger partial charge in [0.1, 0.15) is 12.1 Å². The highest BCUT2D eigenvalue weighted by Gasteiger charge is 2.28. The highest BCUT2D eigenvalue weighted by molar-refractivity contribution is 5.21. The van der Waals surface area contributed by atoms with E-state index in [-0.39, 0.29) is 0 Å². The summed E-state index contributed by atoms with van der Waals surface area (Å²) in [4.78, 5) is 4.05. The van der Waals surface area contributed by atoms with Gasteiger partial charge in [-0.25, -0.2) is 9.67 Å². The zero-order valence-electron chi connectivity index (χ0n) is 12.7. The van der Waals surface area contributed by atoms with Crippen molar-refractivity contribution in [3.05, 3.63) is 31.0 Å². The second-order valence-corrected chi connectivity index (χ2v) is 6.02. The van der Waals surface area contributed by atoms with Crippen molar-refractivity contribution in [2.24, 2.45) is 5.92 Å². The minimum absolute atomic E-state index is 0.293. The minimum Gasteiger partial charge on any atom is -0.308 e. The minimum atomic E-state index is -4.13. The van der Waals surface area contributed by atoms with E-state index in [0.717, 1.165) is 31.5 Å². The van der Waals surface area contributed by atoms with Crippen molar-refractivity contribution < 1.29 is 13.2 Å². The van der Waals surface area contributed by atoms with Crippen LogP contribution in [0.3, 0.4) is 0 Å². The summed E-state index contributed by atoms with van der Waals surface area (Å²) in [6.45, 7) is -0.476. The van der Waals surface area contributed by atoms with Crippen LogP contribution in [0.4, 0.5) is 13.2 Å². The van der Waals surface area contributed by atoms with Gasteiger partial charge in [0.05, 0.1) is 18.8 Å². The predicted molar refractivity (Wildman–Crippen MR) is 79.3 cm³/mol. The van der Waals surface area contributed by atoms with Gasteiger partial charge in [0, 0.05) is 18.5 Å². The van der Waals surface area contributed by atoms with Crippen molar-refractivity contribution in [3.8, 4) is 5.82 Å². The first-order chi connectivity index (χ1) is 11.0. The SMILES string of the molecule is FC(F)(F)CNC[C@H]1CC[C@H](n2nccc2-n2ccnc2)CC1. The van der Waals surface area contributed by atoms with Crippen LogP contribution in [0.1, 0.15) is 31.7 Å². The molecule has 1 aliphatic carbocycles. The van der Waals surface area contributed by atoms with Crippen LogP contribution >= 0.6 is 0 Å². The smallest absolute Gasteiger partial charge is 0.308 e. The molecule has 2 aromatic rings. The standard InChI is InChI=1S/C15H20F3N5/c16-15(17,18)10-20-9-12-1-3-13(4-2-12)23-14(5-6-21-23)22-8-7-19-11-22/h5-8,11-13,20H,1-4,9-10H2/t12-,13-. The fourth-order valence-electron chi connectivity index (χ4n) is 3.20. The van der Waals surface area contributed by atoms with Gasteiger partial charge in [-0.15, -0.1) is 0 Å². The molecule has 0 bridgehead atoms. The number of hydrogen-bond donors (Lipinski definition) is 1. The Balaban J connectivity index is 1.53. The van der Waals surface area contributed by atoms with Crippen molar-refractivity contribution >= 4 is 0 Å². The van der Waals surface area contributed by atoms with E-state index in [1.165, 1.54) is 0 Å². The summed E-state index contributed by atoms with van der Waals surface area (Å²) in [6.07, 6.45) is 6.67. The summed E-state index contributed by atoms with van der Waals surface area (Å²) < 4.78 is 40.4. The van der Waals surface area contributed by atoms with Gasteiger partial charge < -0.3 is 5.32 Å². The Morgan fingerprint density at radius 3 is 2.61 bits per heavy atom. The van der Waals surface area contributed by atoms with Gasteiger partial charge in [-0.3, -0.25) is 4.57 Å². The van der Waals surface area contributed by atoms with Crippen LogP contribution in [0.2, 0.25) is 0 Å². The molecular weight excluding hydrogens is 307 g/mol. The van der Waals surface area contributed by atoms with Crippen LogP contribution in [0, 0.1) is 5.92 Å². The van der Waals surface area contributed by atoms with Gasteiger partial charge in [0.15, 0.2) is 0 Å². The monoisotopic (exact) mass is 327 g/mol. The highest BCUT2D eigenvalue weighted by atomic mass is 19.4. The summed E-state index contributed by atoms with van der Waals surface area (Å²) in [5.41, 5.74) is 0. The van der Waals surface area contributed by atoms with Crippen molar-refractivity contribution in [2.45, 2.75) is 37.9 Å². The van der Waals surface area contributed by atoms with Gasteiger partial charge in [0.2, 0.25) is 0 Å². The number of alkyl halides is 3. The van der Waals surface area contributed by atoms with E-state index < -0.39 is 12.7 Å². The van der Waals surface area contributed by atoms with Crippen LogP contribution < -0.4 is 5.32 Å². The van der Waals surface area contributed by atoms with Gasteiger partial charge in [-0.05, 0) is 38.1 Å². The number of nitrogens with one attached hydrogen (secondary N) is 1. The summed E-state index contributed by atoms with van der Waals surface area (Å²) in [6, 6.07) is 2.24. The summed E-state index contributed by atoms with van der Waals surface area (Å²) in [5, 5.41) is 6.94. The lowest BCUT2D eigenvalue weighted by molar-refractivity contribution is -0.125. The first-order valence-electron chi connectivity index (χ1n) is 7.82. The Hall–Kier alpha value is -1.83. The maximum atomic E-state index is 12.2. The van der Waals surface area contributed by atoms with Gasteiger partial charge in [-0.1, -0.05) is 0 Å². The van der Waals surface area contributed by atoms with E-state index in [9.17, 15) is 13.2 Å². The van der Waals surface area contributed by atoms with Crippen LogP contribution in [-0.4, -0.2) is 38.6 Å². The number of hydrogen-bond acceptors (Lipinski definition) is 3. The van der Waals surface area contributed by atoms with Crippen molar-refractivity contribution in [3.63, 3.8) is 0 Å². The molecule has 1 N–H and O–H groups in total. The van der Waals surface area contributed by atoms with Crippen LogP contribution in [0.5, 0.6) is 0 Å². The molecule has 5 nitrogen and oxygen atoms in total. The summed E-state index contributed by atoms with van der Waals surface area (Å²) in [5.74, 6) is 1.28. The molecule has 0 radical (unpaired) electrons. The van der Waals surface area contributed by atoms with Gasteiger partial charge in [0.25, 0.3) is 0 Å². The van der Waals surface area contributed by atoms with E-state index in [1.807, 2.05) is 21.5 Å². The molecule has 0 unspecified atom stereocenters. The molecule has 3 rings (SSSR count). The van der Waals surface area contributed by atoms with E-state index >= 15 is 0 Å². The van der Waals surface area contributed by atoms with Crippen LogP contribution in [0.15, 0.2) is 31.0 Å². The third kappa shape index (κ3) is 4.13. The van der Waals surface area contributed by atoms with E-state index in [0.29, 0.717) is 18.5 Å². The highest BCUT2D eigenvalue weighted by Crippen LogP contribution is 2.33. The van der Waals surface area contributed by atoms with Crippen molar-refractivity contribution in [1.82, 2.24) is 24.6 Å². The molecule has 0 atom stereocenters. The third-order valence-electron chi connectivity index (χ3n) is 4.34. The zero-order valence-corrected chi connectivity index (χ0v) is 12.7. The Kier molecular flexibility index (Phi) is 4.70. The maximum absolute atomic E-state index is 12.2. The number of nitrogens with zero attached hydrogens (tertiary/aromatic N) is 4. The Labute approximate surface area is 132 Å². The molecule has 8 heteroatoms. The van der Waals surface area contributed by atoms with E-state index in [1.54, 1.807) is 18.7 Å². The molecule has 0 aromatic carbocycles. The number of imidazole rings is 1. The van der Waals surface area contributed by atoms with Gasteiger partial charge in [-0.2, -0.15) is 18.3 Å². The molecule has 0 spiro atoms. The molecule has 126 valence electrons. The summed E-state index contributed by atoms with van der Waals surface area (Å²) >= 11 is 0. The van der Waals surface area contributed by atoms with Crippen LogP contribution in [0.25, 0.3) is 5.82 Å². The molecule has 1 saturated carbocycles. The molecule has 1 fully saturated rings. The zero-order chi connectivity index (χ0) is 16.3. The van der Waals surface area contributed by atoms with Gasteiger partial charge >= 0.3 is 6.18 Å². The largest absolute Gasteiger partial charge is 0.401 e. The molecule has 2 aromatic heterocycles. The second-order valence-electron chi connectivity index (χ2n) is 6.02. The first kappa shape index (κ1) is 16.0. The molecule has 0 saturated heterocycles. The molecular formula is C15H20F3N5. The predicted octanol–water partition coefficient (Wildman–Crippen LogP) is 2.95. The fourth-order valence-corrected chi connectivity index (χ4v) is 3.20. The third-order valence-corrected chi connectivity index (χ3v) is 4.34. The van der Waals surface area contributed by atoms with Crippen molar-refractivity contribution in [2.75, 3.05) is 13.1 Å². The number of rotatable bonds is 5. The molecule has 0 aliphatic heterocycles. The van der Waals surface area contributed by atoms with E-state index in [2.05, 4.69) is 15.4 Å². The Morgan fingerprint density at radius 1 is 1.17 bits per heavy atom. The Morgan fingerprint density at radius 2 is 1.96 bits per heavy atom. The lowest BCUT2D eigenvalue weighted by Crippen LogP contribution is -2.34. The maximum Gasteiger partial charge on any atom is 0.401 e. The lowest BCUT2D eigenvalue weighted by atomic mass is 9.86. The lowest BCUT2D eigenvalue weighted by Gasteiger charge is -2.30. The molecule has 0 amide bonds. The normalized spacial score (nSPS) is 22.4. The fraction of sp³-hybridized carbons (Fsp3) is 0.600. The van der Waals surface area contributed by atoms with Crippen LogP contribution in [-0.2, 0) is 0 Å². The average molecular weight is 327 g/mol. The number of halogens is 3. The Bertz CT molecular complexity index is 597. The summed E-state index contributed by atoms with van der Waals surface area (Å²) in [7, 11) is 0. The first-order valence-corrected chi connectivity index (χ1v) is 7.82.